The molecule has 13 heavy (non-hydrogen) atoms. The Hall–Kier alpha value is -0.610. The molecule has 0 radical (unpaired) electrons. The molecule has 0 bridgehead atoms. The molecule has 0 aromatic carbocycles. The van der Waals surface area contributed by atoms with Gasteiger partial charge in [-0.2, -0.15) is 0 Å². The molecule has 0 amide bonds. The third kappa shape index (κ3) is 3.32. The van der Waals surface area contributed by atoms with Gasteiger partial charge >= 0.3 is 5.97 Å². The molecule has 4 heteroatoms. The van der Waals surface area contributed by atoms with Crippen LogP contribution in [0.3, 0.4) is 0 Å². The molecule has 0 aliphatic carbocycles. The first-order chi connectivity index (χ1) is 6.29. The van der Waals surface area contributed by atoms with E-state index in [9.17, 15) is 4.79 Å². The van der Waals surface area contributed by atoms with Crippen molar-refractivity contribution >= 4 is 5.97 Å². The van der Waals surface area contributed by atoms with E-state index < -0.39 is 0 Å². The predicted molar refractivity (Wildman–Crippen MR) is 52.6 cm³/mol. The Morgan fingerprint density at radius 1 is 1.46 bits per heavy atom. The molecular formula is C9H20N2O2. The summed E-state index contributed by atoms with van der Waals surface area (Å²) in [7, 11) is 3.28. The largest absolute Gasteiger partial charge is 0.469 e. The van der Waals surface area contributed by atoms with Crippen LogP contribution in [0.2, 0.25) is 0 Å². The van der Waals surface area contributed by atoms with Crippen LogP contribution in [0.5, 0.6) is 0 Å². The zero-order valence-corrected chi connectivity index (χ0v) is 8.89. The van der Waals surface area contributed by atoms with Gasteiger partial charge < -0.3 is 15.4 Å². The number of methoxy groups -OCH3 is 1. The van der Waals surface area contributed by atoms with Crippen molar-refractivity contribution in [3.8, 4) is 0 Å². The molecule has 2 atom stereocenters. The van der Waals surface area contributed by atoms with E-state index in [1.807, 2.05) is 20.9 Å². The minimum absolute atomic E-state index is 0.0231. The van der Waals surface area contributed by atoms with Gasteiger partial charge in [-0.15, -0.1) is 0 Å². The molecular weight excluding hydrogens is 168 g/mol. The molecule has 1 saturated heterocycles. The molecule has 0 aromatic heterocycles. The Morgan fingerprint density at radius 2 is 2.08 bits per heavy atom. The Bertz CT molecular complexity index is 151. The van der Waals surface area contributed by atoms with E-state index in [4.69, 9.17) is 0 Å². The number of esters is 1. The maximum atomic E-state index is 11.1. The molecule has 1 heterocycles. The monoisotopic (exact) mass is 188 g/mol. The molecule has 0 spiro atoms. The van der Waals surface area contributed by atoms with Crippen LogP contribution < -0.4 is 10.6 Å². The van der Waals surface area contributed by atoms with Crippen LogP contribution in [0.15, 0.2) is 0 Å². The average Bonchev–Trinajstić information content (AvgIpc) is 2.67. The summed E-state index contributed by atoms with van der Waals surface area (Å²) in [5, 5.41) is 6.19. The third-order valence-corrected chi connectivity index (χ3v) is 2.09. The van der Waals surface area contributed by atoms with Gasteiger partial charge in [-0.25, -0.2) is 0 Å². The lowest BCUT2D eigenvalue weighted by molar-refractivity contribution is -0.145. The number of likely N-dealkylation sites (N-methyl/N-ethyl adjacent to an activating group) is 1. The summed E-state index contributed by atoms with van der Waals surface area (Å²) in [6.07, 6.45) is 0. The standard InChI is InChI=1S/C7H14N2O2.C2H6/c1-8-6-4-9-3-5(6)7(10)11-2;1-2/h5-6,8-9H,3-4H2,1-2H3;1-2H3. The van der Waals surface area contributed by atoms with Gasteiger partial charge in [-0.1, -0.05) is 13.8 Å². The molecule has 1 aliphatic rings. The quantitative estimate of drug-likeness (QED) is 0.599. The van der Waals surface area contributed by atoms with Crippen molar-refractivity contribution in [2.45, 2.75) is 19.9 Å². The van der Waals surface area contributed by atoms with Gasteiger partial charge in [-0.05, 0) is 7.05 Å². The van der Waals surface area contributed by atoms with E-state index in [0.717, 1.165) is 13.1 Å². The number of nitrogens with one attached hydrogen (secondary N) is 2. The van der Waals surface area contributed by atoms with E-state index in [-0.39, 0.29) is 17.9 Å². The summed E-state index contributed by atoms with van der Waals surface area (Å²) >= 11 is 0. The van der Waals surface area contributed by atoms with Crippen LogP contribution in [0.1, 0.15) is 13.8 Å². The Balaban J connectivity index is 0.000000671. The van der Waals surface area contributed by atoms with Gasteiger partial charge in [0.15, 0.2) is 0 Å². The molecule has 78 valence electrons. The van der Waals surface area contributed by atoms with Crippen LogP contribution in [-0.4, -0.2) is 39.3 Å². The predicted octanol–water partition coefficient (Wildman–Crippen LogP) is -0.00700. The summed E-state index contributed by atoms with van der Waals surface area (Å²) in [5.41, 5.74) is 0. The molecule has 2 N–H and O–H groups in total. The van der Waals surface area contributed by atoms with Gasteiger partial charge in [0, 0.05) is 19.1 Å². The van der Waals surface area contributed by atoms with Crippen molar-refractivity contribution in [1.82, 2.24) is 10.6 Å². The lowest BCUT2D eigenvalue weighted by Gasteiger charge is -2.14. The number of ether oxygens (including phenoxy) is 1. The second-order valence-electron chi connectivity index (χ2n) is 2.68. The lowest BCUT2D eigenvalue weighted by atomic mass is 10.1. The molecule has 1 fully saturated rings. The zero-order chi connectivity index (χ0) is 10.3. The summed E-state index contributed by atoms with van der Waals surface area (Å²) in [4.78, 5) is 11.1. The zero-order valence-electron chi connectivity index (χ0n) is 8.89. The van der Waals surface area contributed by atoms with E-state index in [0.29, 0.717) is 0 Å². The summed E-state index contributed by atoms with van der Waals surface area (Å²) in [5.74, 6) is -0.153. The second-order valence-corrected chi connectivity index (χ2v) is 2.68. The molecule has 2 unspecified atom stereocenters. The van der Waals surface area contributed by atoms with Gasteiger partial charge in [0.25, 0.3) is 0 Å². The second kappa shape index (κ2) is 6.86. The van der Waals surface area contributed by atoms with Crippen LogP contribution in [-0.2, 0) is 9.53 Å². The fourth-order valence-corrected chi connectivity index (χ4v) is 1.38. The maximum absolute atomic E-state index is 11.1. The maximum Gasteiger partial charge on any atom is 0.311 e. The summed E-state index contributed by atoms with van der Waals surface area (Å²) in [6, 6.07) is 0.224. The number of hydrogen-bond donors (Lipinski definition) is 2. The average molecular weight is 188 g/mol. The topological polar surface area (TPSA) is 50.4 Å². The smallest absolute Gasteiger partial charge is 0.311 e. The first-order valence-electron chi connectivity index (χ1n) is 4.75. The van der Waals surface area contributed by atoms with Gasteiger partial charge in [0.2, 0.25) is 0 Å². The SMILES string of the molecule is CC.CNC1CNCC1C(=O)OC. The number of hydrogen-bond acceptors (Lipinski definition) is 4. The first-order valence-corrected chi connectivity index (χ1v) is 4.75. The fraction of sp³-hybridized carbons (Fsp3) is 0.889. The highest BCUT2D eigenvalue weighted by Gasteiger charge is 2.32. The van der Waals surface area contributed by atoms with Crippen LogP contribution in [0, 0.1) is 5.92 Å². The highest BCUT2D eigenvalue weighted by atomic mass is 16.5. The minimum atomic E-state index is -0.130. The number of carbonyl (C=O) groups excluding carboxylic acids is 1. The number of rotatable bonds is 2. The highest BCUT2D eigenvalue weighted by molar-refractivity contribution is 5.73. The van der Waals surface area contributed by atoms with E-state index in [1.165, 1.54) is 7.11 Å². The van der Waals surface area contributed by atoms with Crippen molar-refractivity contribution in [3.63, 3.8) is 0 Å². The minimum Gasteiger partial charge on any atom is -0.469 e. The van der Waals surface area contributed by atoms with Crippen molar-refractivity contribution in [2.75, 3.05) is 27.2 Å². The van der Waals surface area contributed by atoms with Gasteiger partial charge in [-0.3, -0.25) is 4.79 Å². The number of carbonyl (C=O) groups is 1. The van der Waals surface area contributed by atoms with Gasteiger partial charge in [0.05, 0.1) is 13.0 Å². The van der Waals surface area contributed by atoms with Crippen LogP contribution in [0.4, 0.5) is 0 Å². The lowest BCUT2D eigenvalue weighted by Crippen LogP contribution is -2.37. The van der Waals surface area contributed by atoms with Crippen molar-refractivity contribution in [1.29, 1.82) is 0 Å². The third-order valence-electron chi connectivity index (χ3n) is 2.09. The molecule has 0 aromatic rings. The normalized spacial score (nSPS) is 26.2. The van der Waals surface area contributed by atoms with Crippen molar-refractivity contribution in [3.05, 3.63) is 0 Å². The van der Waals surface area contributed by atoms with Crippen molar-refractivity contribution < 1.29 is 9.53 Å². The van der Waals surface area contributed by atoms with Crippen LogP contribution >= 0.6 is 0 Å². The van der Waals surface area contributed by atoms with E-state index in [2.05, 4.69) is 15.4 Å². The van der Waals surface area contributed by atoms with E-state index >= 15 is 0 Å². The van der Waals surface area contributed by atoms with Crippen molar-refractivity contribution in [2.24, 2.45) is 5.92 Å². The Kier molecular flexibility index (Phi) is 6.54. The first kappa shape index (κ1) is 12.4. The molecule has 4 nitrogen and oxygen atoms in total. The van der Waals surface area contributed by atoms with Gasteiger partial charge in [0.1, 0.15) is 0 Å². The summed E-state index contributed by atoms with van der Waals surface area (Å²) < 4.78 is 4.65. The van der Waals surface area contributed by atoms with Crippen LogP contribution in [0.25, 0.3) is 0 Å². The Morgan fingerprint density at radius 3 is 2.54 bits per heavy atom. The Labute approximate surface area is 80.0 Å². The molecule has 1 aliphatic heterocycles. The molecule has 0 saturated carbocycles. The molecule has 1 rings (SSSR count). The summed E-state index contributed by atoms with van der Waals surface area (Å²) in [6.45, 7) is 5.56. The fourth-order valence-electron chi connectivity index (χ4n) is 1.38. The highest BCUT2D eigenvalue weighted by Crippen LogP contribution is 2.09. The van der Waals surface area contributed by atoms with E-state index in [1.54, 1.807) is 0 Å².